The Morgan fingerprint density at radius 2 is 1.80 bits per heavy atom. The van der Waals surface area contributed by atoms with Crippen molar-refractivity contribution in [2.45, 2.75) is 58.9 Å². The molecule has 0 aliphatic rings. The fraction of sp³-hybridized carbons (Fsp3) is 1.00. The lowest BCUT2D eigenvalue weighted by Crippen LogP contribution is -2.34. The lowest BCUT2D eigenvalue weighted by atomic mass is 9.97. The Morgan fingerprint density at radius 3 is 2.33 bits per heavy atom. The van der Waals surface area contributed by atoms with Gasteiger partial charge in [0.1, 0.15) is 0 Å². The molecule has 0 aliphatic carbocycles. The summed E-state index contributed by atoms with van der Waals surface area (Å²) in [6.07, 6.45) is 6.42. The number of hydrogen-bond acceptors (Lipinski definition) is 2. The molecule has 0 fully saturated rings. The third-order valence-corrected chi connectivity index (χ3v) is 2.84. The summed E-state index contributed by atoms with van der Waals surface area (Å²) in [6, 6.07) is 0.550. The molecule has 2 atom stereocenters. The van der Waals surface area contributed by atoms with Crippen LogP contribution in [0.25, 0.3) is 0 Å². The molecule has 2 nitrogen and oxygen atoms in total. The van der Waals surface area contributed by atoms with Crippen LogP contribution in [0.4, 0.5) is 0 Å². The van der Waals surface area contributed by atoms with E-state index < -0.39 is 0 Å². The minimum atomic E-state index is 0.550. The fourth-order valence-corrected chi connectivity index (χ4v) is 1.92. The Balaban J connectivity index is 3.63. The van der Waals surface area contributed by atoms with Crippen molar-refractivity contribution in [1.29, 1.82) is 0 Å². The molecule has 2 unspecified atom stereocenters. The summed E-state index contributed by atoms with van der Waals surface area (Å²) < 4.78 is 5.23. The van der Waals surface area contributed by atoms with Crippen LogP contribution < -0.4 is 5.32 Å². The molecule has 92 valence electrons. The lowest BCUT2D eigenvalue weighted by molar-refractivity contribution is 0.159. The van der Waals surface area contributed by atoms with Gasteiger partial charge in [-0.25, -0.2) is 0 Å². The quantitative estimate of drug-likeness (QED) is 0.604. The SMILES string of the molecule is CCCNC(CCC(C)CCC)COC. The average molecular weight is 215 g/mol. The highest BCUT2D eigenvalue weighted by atomic mass is 16.5. The van der Waals surface area contributed by atoms with Crippen molar-refractivity contribution in [1.82, 2.24) is 5.32 Å². The summed E-state index contributed by atoms with van der Waals surface area (Å²) in [5.74, 6) is 0.859. The molecule has 0 radical (unpaired) electrons. The minimum Gasteiger partial charge on any atom is -0.383 e. The Hall–Kier alpha value is -0.0800. The van der Waals surface area contributed by atoms with Gasteiger partial charge in [-0.2, -0.15) is 0 Å². The van der Waals surface area contributed by atoms with E-state index in [1.54, 1.807) is 7.11 Å². The number of ether oxygens (including phenoxy) is 1. The van der Waals surface area contributed by atoms with E-state index in [0.29, 0.717) is 6.04 Å². The first-order chi connectivity index (χ1) is 7.24. The normalized spacial score (nSPS) is 15.2. The molecule has 0 heterocycles. The molecule has 0 aromatic carbocycles. The zero-order valence-electron chi connectivity index (χ0n) is 11.0. The first-order valence-electron chi connectivity index (χ1n) is 6.46. The molecule has 0 aromatic heterocycles. The summed E-state index contributed by atoms with van der Waals surface area (Å²) >= 11 is 0. The Bertz CT molecular complexity index is 128. The highest BCUT2D eigenvalue weighted by molar-refractivity contribution is 4.67. The Labute approximate surface area is 95.8 Å². The Kier molecular flexibility index (Phi) is 10.4. The van der Waals surface area contributed by atoms with E-state index >= 15 is 0 Å². The smallest absolute Gasteiger partial charge is 0.0615 e. The maximum absolute atomic E-state index is 5.23. The molecule has 0 spiro atoms. The van der Waals surface area contributed by atoms with Crippen LogP contribution in [0.15, 0.2) is 0 Å². The minimum absolute atomic E-state index is 0.550. The van der Waals surface area contributed by atoms with Gasteiger partial charge in [-0.05, 0) is 31.7 Å². The van der Waals surface area contributed by atoms with Crippen molar-refractivity contribution >= 4 is 0 Å². The van der Waals surface area contributed by atoms with Crippen LogP contribution in [0.3, 0.4) is 0 Å². The van der Waals surface area contributed by atoms with E-state index in [1.165, 1.54) is 32.1 Å². The van der Waals surface area contributed by atoms with Gasteiger partial charge in [-0.1, -0.05) is 33.6 Å². The molecular formula is C13H29NO. The van der Waals surface area contributed by atoms with Gasteiger partial charge in [0.05, 0.1) is 6.61 Å². The maximum Gasteiger partial charge on any atom is 0.0615 e. The largest absolute Gasteiger partial charge is 0.383 e. The highest BCUT2D eigenvalue weighted by Gasteiger charge is 2.09. The molecular weight excluding hydrogens is 186 g/mol. The lowest BCUT2D eigenvalue weighted by Gasteiger charge is -2.19. The van der Waals surface area contributed by atoms with Crippen LogP contribution in [-0.2, 0) is 4.74 Å². The molecule has 0 saturated carbocycles. The third kappa shape index (κ3) is 8.88. The van der Waals surface area contributed by atoms with Gasteiger partial charge in [0.2, 0.25) is 0 Å². The second kappa shape index (κ2) is 10.4. The van der Waals surface area contributed by atoms with Crippen LogP contribution in [-0.4, -0.2) is 26.3 Å². The fourth-order valence-electron chi connectivity index (χ4n) is 1.92. The van der Waals surface area contributed by atoms with Gasteiger partial charge in [0.25, 0.3) is 0 Å². The van der Waals surface area contributed by atoms with Gasteiger partial charge in [0.15, 0.2) is 0 Å². The standard InChI is InChI=1S/C13H29NO/c1-5-7-12(3)8-9-13(11-15-4)14-10-6-2/h12-14H,5-11H2,1-4H3. The summed E-state index contributed by atoms with van der Waals surface area (Å²) in [7, 11) is 1.79. The maximum atomic E-state index is 5.23. The van der Waals surface area contributed by atoms with Gasteiger partial charge < -0.3 is 10.1 Å². The van der Waals surface area contributed by atoms with Crippen molar-refractivity contribution in [3.8, 4) is 0 Å². The van der Waals surface area contributed by atoms with Crippen molar-refractivity contribution in [2.24, 2.45) is 5.92 Å². The van der Waals surface area contributed by atoms with Gasteiger partial charge in [-0.3, -0.25) is 0 Å². The van der Waals surface area contributed by atoms with Crippen LogP contribution in [0.5, 0.6) is 0 Å². The Morgan fingerprint density at radius 1 is 1.07 bits per heavy atom. The monoisotopic (exact) mass is 215 g/mol. The van der Waals surface area contributed by atoms with E-state index in [4.69, 9.17) is 4.74 Å². The van der Waals surface area contributed by atoms with E-state index in [1.807, 2.05) is 0 Å². The molecule has 0 saturated heterocycles. The topological polar surface area (TPSA) is 21.3 Å². The number of methoxy groups -OCH3 is 1. The number of hydrogen-bond donors (Lipinski definition) is 1. The van der Waals surface area contributed by atoms with Gasteiger partial charge >= 0.3 is 0 Å². The molecule has 0 aliphatic heterocycles. The predicted molar refractivity (Wildman–Crippen MR) is 67.3 cm³/mol. The van der Waals surface area contributed by atoms with Crippen LogP contribution in [0.2, 0.25) is 0 Å². The van der Waals surface area contributed by atoms with E-state index in [9.17, 15) is 0 Å². The van der Waals surface area contributed by atoms with Crippen LogP contribution in [0.1, 0.15) is 52.9 Å². The summed E-state index contributed by atoms with van der Waals surface area (Å²) in [4.78, 5) is 0. The van der Waals surface area contributed by atoms with Crippen molar-refractivity contribution in [3.63, 3.8) is 0 Å². The first kappa shape index (κ1) is 14.9. The van der Waals surface area contributed by atoms with Crippen LogP contribution >= 0.6 is 0 Å². The highest BCUT2D eigenvalue weighted by Crippen LogP contribution is 2.13. The summed E-state index contributed by atoms with van der Waals surface area (Å²) in [5, 5.41) is 3.54. The summed E-state index contributed by atoms with van der Waals surface area (Å²) in [5.41, 5.74) is 0. The first-order valence-corrected chi connectivity index (χ1v) is 6.46. The summed E-state index contributed by atoms with van der Waals surface area (Å²) in [6.45, 7) is 8.78. The zero-order valence-corrected chi connectivity index (χ0v) is 11.0. The molecule has 0 aromatic rings. The van der Waals surface area contributed by atoms with Crippen molar-refractivity contribution < 1.29 is 4.74 Å². The van der Waals surface area contributed by atoms with E-state index in [-0.39, 0.29) is 0 Å². The molecule has 0 amide bonds. The van der Waals surface area contributed by atoms with Crippen molar-refractivity contribution in [2.75, 3.05) is 20.3 Å². The molecule has 15 heavy (non-hydrogen) atoms. The average Bonchev–Trinajstić information content (AvgIpc) is 2.22. The second-order valence-electron chi connectivity index (χ2n) is 4.58. The third-order valence-electron chi connectivity index (χ3n) is 2.84. The van der Waals surface area contributed by atoms with Gasteiger partial charge in [-0.15, -0.1) is 0 Å². The van der Waals surface area contributed by atoms with Crippen molar-refractivity contribution in [3.05, 3.63) is 0 Å². The zero-order chi connectivity index (χ0) is 11.5. The van der Waals surface area contributed by atoms with E-state index in [2.05, 4.69) is 26.1 Å². The molecule has 0 rings (SSSR count). The molecule has 2 heteroatoms. The van der Waals surface area contributed by atoms with Crippen LogP contribution in [0, 0.1) is 5.92 Å². The second-order valence-corrected chi connectivity index (χ2v) is 4.58. The van der Waals surface area contributed by atoms with E-state index in [0.717, 1.165) is 19.1 Å². The molecule has 1 N–H and O–H groups in total. The number of nitrogens with one attached hydrogen (secondary N) is 1. The number of rotatable bonds is 10. The predicted octanol–water partition coefficient (Wildman–Crippen LogP) is 3.22. The molecule has 0 bridgehead atoms. The van der Waals surface area contributed by atoms with Gasteiger partial charge in [0, 0.05) is 13.2 Å².